The van der Waals surface area contributed by atoms with Crippen molar-refractivity contribution in [1.82, 2.24) is 4.90 Å². The summed E-state index contributed by atoms with van der Waals surface area (Å²) in [5.74, 6) is -1.11. The molecule has 0 fully saturated rings. The molecule has 7 heteroatoms. The highest BCUT2D eigenvalue weighted by atomic mass is 19.4. The van der Waals surface area contributed by atoms with E-state index in [1.807, 2.05) is 0 Å². The van der Waals surface area contributed by atoms with Crippen LogP contribution in [-0.4, -0.2) is 37.8 Å². The summed E-state index contributed by atoms with van der Waals surface area (Å²) in [5, 5.41) is 0. The quantitative estimate of drug-likeness (QED) is 0.899. The van der Waals surface area contributed by atoms with E-state index in [2.05, 4.69) is 4.74 Å². The Morgan fingerprint density at radius 2 is 1.95 bits per heavy atom. The van der Waals surface area contributed by atoms with Gasteiger partial charge in [-0.05, 0) is 18.1 Å². The molecule has 0 aromatic heterocycles. The number of hydrogen-bond donors (Lipinski definition) is 1. The van der Waals surface area contributed by atoms with Crippen molar-refractivity contribution < 1.29 is 22.7 Å². The number of nitrogens with zero attached hydrogens (tertiary/aromatic N) is 1. The fourth-order valence-electron chi connectivity index (χ4n) is 1.80. The third-order valence-electron chi connectivity index (χ3n) is 2.74. The average Bonchev–Trinajstić information content (AvgIpc) is 2.35. The van der Waals surface area contributed by atoms with Crippen molar-refractivity contribution in [3.8, 4) is 5.75 Å². The van der Waals surface area contributed by atoms with E-state index in [9.17, 15) is 18.0 Å². The van der Waals surface area contributed by atoms with Crippen molar-refractivity contribution in [2.24, 2.45) is 11.7 Å². The van der Waals surface area contributed by atoms with Crippen molar-refractivity contribution in [2.75, 3.05) is 20.6 Å². The van der Waals surface area contributed by atoms with Crippen LogP contribution in [0.1, 0.15) is 5.56 Å². The topological polar surface area (TPSA) is 55.6 Å². The van der Waals surface area contributed by atoms with Crippen LogP contribution < -0.4 is 10.5 Å². The highest BCUT2D eigenvalue weighted by molar-refractivity contribution is 5.79. The maximum Gasteiger partial charge on any atom is 0.573 e. The first-order valence-corrected chi connectivity index (χ1v) is 5.99. The Labute approximate surface area is 115 Å². The lowest BCUT2D eigenvalue weighted by atomic mass is 9.97. The Balaban J connectivity index is 2.93. The van der Waals surface area contributed by atoms with Crippen molar-refractivity contribution in [2.45, 2.75) is 12.8 Å². The summed E-state index contributed by atoms with van der Waals surface area (Å²) in [7, 11) is 3.15. The predicted molar refractivity (Wildman–Crippen MR) is 68.1 cm³/mol. The molecule has 1 aromatic carbocycles. The number of carbonyl (C=O) groups excluding carboxylic acids is 1. The van der Waals surface area contributed by atoms with E-state index in [-0.39, 0.29) is 24.6 Å². The van der Waals surface area contributed by atoms with E-state index in [0.29, 0.717) is 5.56 Å². The van der Waals surface area contributed by atoms with E-state index in [0.717, 1.165) is 0 Å². The van der Waals surface area contributed by atoms with Gasteiger partial charge in [0, 0.05) is 20.6 Å². The summed E-state index contributed by atoms with van der Waals surface area (Å²) >= 11 is 0. The number of hydrogen-bond acceptors (Lipinski definition) is 3. The maximum absolute atomic E-state index is 12.3. The van der Waals surface area contributed by atoms with Crippen LogP contribution in [0.25, 0.3) is 0 Å². The summed E-state index contributed by atoms with van der Waals surface area (Å²) < 4.78 is 40.9. The van der Waals surface area contributed by atoms with Crippen LogP contribution in [0, 0.1) is 5.92 Å². The Kier molecular flexibility index (Phi) is 5.38. The van der Waals surface area contributed by atoms with E-state index < -0.39 is 12.3 Å². The zero-order valence-corrected chi connectivity index (χ0v) is 11.3. The lowest BCUT2D eigenvalue weighted by Gasteiger charge is -2.20. The minimum atomic E-state index is -4.76. The normalized spacial score (nSPS) is 12.9. The molecule has 112 valence electrons. The van der Waals surface area contributed by atoms with E-state index in [4.69, 9.17) is 5.73 Å². The van der Waals surface area contributed by atoms with Gasteiger partial charge in [-0.15, -0.1) is 13.2 Å². The molecule has 0 spiro atoms. The second kappa shape index (κ2) is 6.60. The monoisotopic (exact) mass is 290 g/mol. The average molecular weight is 290 g/mol. The predicted octanol–water partition coefficient (Wildman–Crippen LogP) is 1.79. The number of benzene rings is 1. The third-order valence-corrected chi connectivity index (χ3v) is 2.74. The minimum Gasteiger partial charge on any atom is -0.406 e. The maximum atomic E-state index is 12.3. The number of para-hydroxylation sites is 1. The first-order chi connectivity index (χ1) is 9.24. The first kappa shape index (κ1) is 16.3. The molecule has 0 bridgehead atoms. The SMILES string of the molecule is CN(C)C(=O)C(CN)Cc1ccccc1OC(F)(F)F. The molecule has 0 aliphatic carbocycles. The van der Waals surface area contributed by atoms with Crippen molar-refractivity contribution in [1.29, 1.82) is 0 Å². The highest BCUT2D eigenvalue weighted by Crippen LogP contribution is 2.28. The van der Waals surface area contributed by atoms with Crippen molar-refractivity contribution >= 4 is 5.91 Å². The number of rotatable bonds is 5. The number of carbonyl (C=O) groups is 1. The molecule has 2 N–H and O–H groups in total. The fraction of sp³-hybridized carbons (Fsp3) is 0.462. The van der Waals surface area contributed by atoms with Gasteiger partial charge in [0.05, 0.1) is 5.92 Å². The number of nitrogens with two attached hydrogens (primary N) is 1. The van der Waals surface area contributed by atoms with Gasteiger partial charge in [-0.3, -0.25) is 4.79 Å². The summed E-state index contributed by atoms with van der Waals surface area (Å²) in [6, 6.07) is 5.74. The molecule has 0 aliphatic rings. The van der Waals surface area contributed by atoms with E-state index >= 15 is 0 Å². The Bertz CT molecular complexity index is 461. The van der Waals surface area contributed by atoms with Gasteiger partial charge in [-0.2, -0.15) is 0 Å². The van der Waals surface area contributed by atoms with Crippen LogP contribution in [0.2, 0.25) is 0 Å². The summed E-state index contributed by atoms with van der Waals surface area (Å²) in [6.45, 7) is 0.0529. The smallest absolute Gasteiger partial charge is 0.406 e. The van der Waals surface area contributed by atoms with E-state index in [1.54, 1.807) is 20.2 Å². The van der Waals surface area contributed by atoms with Crippen LogP contribution in [0.5, 0.6) is 5.75 Å². The second-order valence-electron chi connectivity index (χ2n) is 4.52. The van der Waals surface area contributed by atoms with Gasteiger partial charge in [0.2, 0.25) is 5.91 Å². The van der Waals surface area contributed by atoms with Crippen LogP contribution in [-0.2, 0) is 11.2 Å². The summed E-state index contributed by atoms with van der Waals surface area (Å²) in [5.41, 5.74) is 5.83. The Hall–Kier alpha value is -1.76. The van der Waals surface area contributed by atoms with Crippen molar-refractivity contribution in [3.63, 3.8) is 0 Å². The number of amides is 1. The van der Waals surface area contributed by atoms with Gasteiger partial charge in [-0.25, -0.2) is 0 Å². The molecule has 1 rings (SSSR count). The van der Waals surface area contributed by atoms with Crippen LogP contribution in [0.3, 0.4) is 0 Å². The van der Waals surface area contributed by atoms with Gasteiger partial charge in [0.25, 0.3) is 0 Å². The molecule has 1 aromatic rings. The van der Waals surface area contributed by atoms with E-state index in [1.165, 1.54) is 23.1 Å². The molecule has 1 amide bonds. The van der Waals surface area contributed by atoms with Crippen LogP contribution >= 0.6 is 0 Å². The van der Waals surface area contributed by atoms with Gasteiger partial charge < -0.3 is 15.4 Å². The zero-order valence-electron chi connectivity index (χ0n) is 11.3. The summed E-state index contributed by atoms with van der Waals surface area (Å²) in [6.07, 6.45) is -4.67. The fourth-order valence-corrected chi connectivity index (χ4v) is 1.80. The van der Waals surface area contributed by atoms with Crippen molar-refractivity contribution in [3.05, 3.63) is 29.8 Å². The van der Waals surface area contributed by atoms with Gasteiger partial charge >= 0.3 is 6.36 Å². The minimum absolute atomic E-state index is 0.0529. The van der Waals surface area contributed by atoms with Gasteiger partial charge in [-0.1, -0.05) is 18.2 Å². The Morgan fingerprint density at radius 1 is 1.35 bits per heavy atom. The highest BCUT2D eigenvalue weighted by Gasteiger charge is 2.32. The standard InChI is InChI=1S/C13H17F3N2O2/c1-18(2)12(19)10(8-17)7-9-5-3-4-6-11(9)20-13(14,15)16/h3-6,10H,7-8,17H2,1-2H3. The number of alkyl halides is 3. The second-order valence-corrected chi connectivity index (χ2v) is 4.52. The molecule has 0 radical (unpaired) electrons. The molecule has 0 heterocycles. The Morgan fingerprint density at radius 3 is 2.45 bits per heavy atom. The molecule has 1 atom stereocenters. The van der Waals surface area contributed by atoms with Crippen LogP contribution in [0.15, 0.2) is 24.3 Å². The van der Waals surface area contributed by atoms with Gasteiger partial charge in [0.1, 0.15) is 5.75 Å². The third kappa shape index (κ3) is 4.73. The number of halogens is 3. The first-order valence-electron chi connectivity index (χ1n) is 5.99. The van der Waals surface area contributed by atoms with Gasteiger partial charge in [0.15, 0.2) is 0 Å². The molecule has 0 saturated heterocycles. The lowest BCUT2D eigenvalue weighted by Crippen LogP contribution is -2.35. The lowest BCUT2D eigenvalue weighted by molar-refractivity contribution is -0.274. The molecule has 0 aliphatic heterocycles. The summed E-state index contributed by atoms with van der Waals surface area (Å²) in [4.78, 5) is 13.2. The molecule has 0 saturated carbocycles. The zero-order chi connectivity index (χ0) is 15.3. The molecule has 20 heavy (non-hydrogen) atoms. The molecule has 4 nitrogen and oxygen atoms in total. The molecular formula is C13H17F3N2O2. The molecule has 1 unspecified atom stereocenters. The largest absolute Gasteiger partial charge is 0.573 e. The number of ether oxygens (including phenoxy) is 1. The van der Waals surface area contributed by atoms with Crippen LogP contribution in [0.4, 0.5) is 13.2 Å². The molecular weight excluding hydrogens is 273 g/mol.